The molecule has 0 aliphatic carbocycles. The lowest BCUT2D eigenvalue weighted by Gasteiger charge is -2.36. The number of morpholine rings is 1. The minimum Gasteiger partial charge on any atom is -0.379 e. The van der Waals surface area contributed by atoms with E-state index in [1.807, 2.05) is 14.1 Å². The zero-order valence-corrected chi connectivity index (χ0v) is 76.0. The van der Waals surface area contributed by atoms with E-state index in [4.69, 9.17) is 9.47 Å². The summed E-state index contributed by atoms with van der Waals surface area (Å²) >= 11 is 0. The summed E-state index contributed by atoms with van der Waals surface area (Å²) in [6.07, 6.45) is 8.20. The standard InChI is InChI=1S/C12H27N3.C11H24N2O.2C11H24N2.2C10H22N2.C10H24N2.C8H19NO/c1-12(2,3)14(5)8-11-15-9-6-13(4)7-10-15;1-11(2,3)12(4)5-6-13-7-9-14-10-8-13;1-11(2,3)13(5)9-10-7-6-8-12(10)4;1-11(2,3)12(4)9-10-13-7-5-6-8-13;1-10(2,3)12(5)9-6-7-11(4)8-9;1-10(2,3)12-7-6-9(8-12)11(4)5;1-7-11(5)8-9-12(6)10(2,3)4;1-8(2,3)10-7-6-9(4)5/h6-11H2,1-5H3;5-10H2,1-4H3;10H,6-9H2,1-5H3;5-10H2,1-4H3;2*9H,6-8H2,1-5H3;7-9H2,1-6H3;6-7H2,1-5H3. The summed E-state index contributed by atoms with van der Waals surface area (Å²) in [5.41, 5.74) is 2.19. The summed E-state index contributed by atoms with van der Waals surface area (Å²) in [6.45, 7) is 87.5. The second kappa shape index (κ2) is 49.4. The molecule has 0 aromatic rings. The van der Waals surface area contributed by atoms with Crippen molar-refractivity contribution in [3.8, 4) is 0 Å². The van der Waals surface area contributed by atoms with Gasteiger partial charge in [-0.25, -0.2) is 0 Å². The van der Waals surface area contributed by atoms with Crippen LogP contribution in [-0.4, -0.2) is 416 Å². The van der Waals surface area contributed by atoms with Crippen LogP contribution in [0.15, 0.2) is 0 Å². The first-order valence-electron chi connectivity index (χ1n) is 40.4. The Labute approximate surface area is 634 Å². The van der Waals surface area contributed by atoms with Gasteiger partial charge in [-0.2, -0.15) is 0 Å². The Morgan fingerprint density at radius 2 is 0.802 bits per heavy atom. The van der Waals surface area contributed by atoms with Crippen molar-refractivity contribution in [2.45, 2.75) is 274 Å². The molecular formula is C83H186N16O2. The third-order valence-electron chi connectivity index (χ3n) is 22.3. The van der Waals surface area contributed by atoms with E-state index in [0.29, 0.717) is 33.2 Å². The molecule has 0 radical (unpaired) electrons. The van der Waals surface area contributed by atoms with Crippen LogP contribution in [0.5, 0.6) is 0 Å². The van der Waals surface area contributed by atoms with E-state index in [2.05, 4.69) is 336 Å². The first-order valence-corrected chi connectivity index (χ1v) is 40.4. The fourth-order valence-corrected chi connectivity index (χ4v) is 11.5. The Hall–Kier alpha value is -0.720. The van der Waals surface area contributed by atoms with Crippen molar-refractivity contribution in [3.05, 3.63) is 0 Å². The van der Waals surface area contributed by atoms with E-state index in [-0.39, 0.29) is 11.1 Å². The Kier molecular flexibility index (Phi) is 50.1. The van der Waals surface area contributed by atoms with Crippen LogP contribution < -0.4 is 0 Å². The van der Waals surface area contributed by atoms with Crippen LogP contribution in [-0.2, 0) is 9.47 Å². The molecule has 18 nitrogen and oxygen atoms in total. The normalized spacial score (nSPS) is 21.1. The number of rotatable bonds is 20. The smallest absolute Gasteiger partial charge is 0.0600 e. The van der Waals surface area contributed by atoms with Gasteiger partial charge in [-0.15, -0.1) is 0 Å². The predicted molar refractivity (Wildman–Crippen MR) is 449 cm³/mol. The summed E-state index contributed by atoms with van der Waals surface area (Å²) in [5, 5.41) is 0. The molecule has 0 saturated carbocycles. The first-order chi connectivity index (χ1) is 45.9. The van der Waals surface area contributed by atoms with Crippen molar-refractivity contribution in [1.29, 1.82) is 0 Å². The number of ether oxygens (including phenoxy) is 2. The summed E-state index contributed by atoms with van der Waals surface area (Å²) in [4.78, 5) is 38.9. The van der Waals surface area contributed by atoms with Crippen molar-refractivity contribution in [1.82, 2.24) is 78.4 Å². The molecule has 6 rings (SSSR count). The quantitative estimate of drug-likeness (QED) is 0.116. The molecule has 6 saturated heterocycles. The van der Waals surface area contributed by atoms with Gasteiger partial charge in [0.1, 0.15) is 0 Å². The SMILES string of the molecule is CCN(C)CCN(C)C(C)(C)C.CN(C)C1CCN(C(C)(C)C)C1.CN(C)CCOC(C)(C)C.CN(CCN1CCCC1)C(C)(C)C.CN(CCN1CCOCC1)C(C)(C)C.CN1CCC(N(C)C(C)(C)C)C1.CN1CCCC1CN(C)C(C)(C)C.CN1CCN(CCN(C)C(C)(C)C)CC1. The summed E-state index contributed by atoms with van der Waals surface area (Å²) in [5.74, 6) is 0. The van der Waals surface area contributed by atoms with E-state index >= 15 is 0 Å². The van der Waals surface area contributed by atoms with E-state index < -0.39 is 0 Å². The van der Waals surface area contributed by atoms with Crippen LogP contribution >= 0.6 is 0 Å². The average molecular weight is 1440 g/mol. The molecule has 6 aliphatic heterocycles. The van der Waals surface area contributed by atoms with Crippen molar-refractivity contribution in [3.63, 3.8) is 0 Å². The molecule has 0 N–H and O–H groups in total. The minimum absolute atomic E-state index is 0.00993. The summed E-state index contributed by atoms with van der Waals surface area (Å²) in [7, 11) is 30.6. The van der Waals surface area contributed by atoms with Crippen LogP contribution in [0.1, 0.15) is 212 Å². The van der Waals surface area contributed by atoms with Gasteiger partial charge < -0.3 is 63.4 Å². The third-order valence-corrected chi connectivity index (χ3v) is 22.3. The lowest BCUT2D eigenvalue weighted by atomic mass is 10.0. The van der Waals surface area contributed by atoms with Crippen molar-refractivity contribution in [2.24, 2.45) is 0 Å². The maximum atomic E-state index is 5.50. The fraction of sp³-hybridized carbons (Fsp3) is 1.00. The van der Waals surface area contributed by atoms with Gasteiger partial charge in [-0.05, 0) is 336 Å². The van der Waals surface area contributed by atoms with Crippen LogP contribution in [0.3, 0.4) is 0 Å². The highest BCUT2D eigenvalue weighted by molar-refractivity contribution is 4.89. The molecule has 0 spiro atoms. The molecule has 18 heteroatoms. The number of likely N-dealkylation sites (N-methyl/N-ethyl adjacent to an activating group) is 12. The Balaban J connectivity index is 0. The number of hydrogen-bond donors (Lipinski definition) is 0. The molecule has 3 unspecified atom stereocenters. The highest BCUT2D eigenvalue weighted by Gasteiger charge is 2.32. The highest BCUT2D eigenvalue weighted by Crippen LogP contribution is 2.24. The molecule has 0 amide bonds. The maximum Gasteiger partial charge on any atom is 0.0600 e. The molecule has 6 heterocycles. The van der Waals surface area contributed by atoms with Crippen molar-refractivity contribution in [2.75, 3.05) is 276 Å². The Morgan fingerprint density at radius 3 is 1.13 bits per heavy atom. The molecule has 0 aromatic carbocycles. The van der Waals surface area contributed by atoms with E-state index in [1.165, 1.54) is 143 Å². The third kappa shape index (κ3) is 51.3. The monoisotopic (exact) mass is 1440 g/mol. The minimum atomic E-state index is 0.00993. The lowest BCUT2D eigenvalue weighted by Crippen LogP contribution is -2.48. The van der Waals surface area contributed by atoms with Gasteiger partial charge >= 0.3 is 0 Å². The Bertz CT molecular complexity index is 1970. The number of hydrogen-bond acceptors (Lipinski definition) is 18. The lowest BCUT2D eigenvalue weighted by molar-refractivity contribution is -0.00871. The second-order valence-corrected chi connectivity index (χ2v) is 39.5. The van der Waals surface area contributed by atoms with Gasteiger partial charge in [-0.3, -0.25) is 24.5 Å². The largest absolute Gasteiger partial charge is 0.379 e. The predicted octanol–water partition coefficient (Wildman–Crippen LogP) is 11.5. The molecular weight excluding hydrogens is 1250 g/mol. The Morgan fingerprint density at radius 1 is 0.386 bits per heavy atom. The molecule has 6 fully saturated rings. The molecule has 3 atom stereocenters. The second-order valence-electron chi connectivity index (χ2n) is 39.5. The number of nitrogens with zero attached hydrogens (tertiary/aromatic N) is 16. The highest BCUT2D eigenvalue weighted by atomic mass is 16.5. The van der Waals surface area contributed by atoms with Crippen LogP contribution in [0.25, 0.3) is 0 Å². The topological polar surface area (TPSA) is 70.3 Å². The molecule has 0 bridgehead atoms. The fourth-order valence-electron chi connectivity index (χ4n) is 11.5. The maximum absolute atomic E-state index is 5.50. The molecule has 610 valence electrons. The van der Waals surface area contributed by atoms with Gasteiger partial charge in [0.2, 0.25) is 0 Å². The average Bonchev–Trinajstić information content (AvgIpc) is 1.75. The van der Waals surface area contributed by atoms with Crippen molar-refractivity contribution >= 4 is 0 Å². The van der Waals surface area contributed by atoms with E-state index in [1.54, 1.807) is 0 Å². The zero-order valence-electron chi connectivity index (χ0n) is 76.0. The van der Waals surface area contributed by atoms with Crippen LogP contribution in [0.2, 0.25) is 0 Å². The van der Waals surface area contributed by atoms with E-state index in [9.17, 15) is 0 Å². The van der Waals surface area contributed by atoms with E-state index in [0.717, 1.165) is 90.3 Å². The zero-order chi connectivity index (χ0) is 78.7. The van der Waals surface area contributed by atoms with Gasteiger partial charge in [-0.1, -0.05) is 6.92 Å². The van der Waals surface area contributed by atoms with Gasteiger partial charge in [0.05, 0.1) is 25.4 Å². The van der Waals surface area contributed by atoms with Gasteiger partial charge in [0.25, 0.3) is 0 Å². The first kappa shape index (κ1) is 102. The van der Waals surface area contributed by atoms with Crippen molar-refractivity contribution < 1.29 is 9.47 Å². The summed E-state index contributed by atoms with van der Waals surface area (Å²) < 4.78 is 10.8. The van der Waals surface area contributed by atoms with Gasteiger partial charge in [0, 0.05) is 181 Å². The molecule has 101 heavy (non-hydrogen) atoms. The number of piperazine rings is 1. The molecule has 0 aromatic heterocycles. The van der Waals surface area contributed by atoms with Crippen LogP contribution in [0, 0.1) is 0 Å². The van der Waals surface area contributed by atoms with Crippen LogP contribution in [0.4, 0.5) is 0 Å². The number of likely N-dealkylation sites (tertiary alicyclic amines) is 4. The van der Waals surface area contributed by atoms with Gasteiger partial charge in [0.15, 0.2) is 0 Å². The molecule has 6 aliphatic rings. The summed E-state index contributed by atoms with van der Waals surface area (Å²) in [6, 6.07) is 2.31.